The lowest BCUT2D eigenvalue weighted by atomic mass is 10.3. The third-order valence-corrected chi connectivity index (χ3v) is 1.56. The van der Waals surface area contributed by atoms with Crippen LogP contribution in [0.5, 0.6) is 0 Å². The number of nitrogens with zero attached hydrogens (tertiary/aromatic N) is 1. The Morgan fingerprint density at radius 1 is 1.20 bits per heavy atom. The lowest BCUT2D eigenvalue weighted by Gasteiger charge is -2.08. The van der Waals surface area contributed by atoms with Crippen LogP contribution in [-0.4, -0.2) is 11.5 Å². The minimum absolute atomic E-state index is 0.0106. The van der Waals surface area contributed by atoms with Crippen LogP contribution in [0, 0.1) is 23.5 Å². The Morgan fingerprint density at radius 2 is 1.67 bits per heavy atom. The van der Waals surface area contributed by atoms with Gasteiger partial charge < -0.3 is 5.32 Å². The Morgan fingerprint density at radius 3 is 2.07 bits per heavy atom. The van der Waals surface area contributed by atoms with E-state index in [0.717, 1.165) is 0 Å². The van der Waals surface area contributed by atoms with Crippen molar-refractivity contribution >= 4 is 5.69 Å². The zero-order valence-electron chi connectivity index (χ0n) is 7.87. The number of hydrogen-bond acceptors (Lipinski definition) is 2. The second kappa shape index (κ2) is 4.29. The van der Waals surface area contributed by atoms with E-state index in [4.69, 9.17) is 0 Å². The SMILES string of the molecule is C=C(C)CNc1c(F)c(F)nc(F)c1F. The zero-order chi connectivity index (χ0) is 11.6. The fourth-order valence-electron chi connectivity index (χ4n) is 0.881. The van der Waals surface area contributed by atoms with Crippen molar-refractivity contribution in [2.24, 2.45) is 0 Å². The van der Waals surface area contributed by atoms with Crippen molar-refractivity contribution in [3.63, 3.8) is 0 Å². The molecule has 2 nitrogen and oxygen atoms in total. The molecule has 1 aromatic rings. The molecule has 1 rings (SSSR count). The largest absolute Gasteiger partial charge is 0.376 e. The van der Waals surface area contributed by atoms with E-state index in [-0.39, 0.29) is 6.54 Å². The van der Waals surface area contributed by atoms with Crippen molar-refractivity contribution in [2.75, 3.05) is 11.9 Å². The molecule has 15 heavy (non-hydrogen) atoms. The maximum Gasteiger partial charge on any atom is 0.253 e. The van der Waals surface area contributed by atoms with E-state index in [1.54, 1.807) is 6.92 Å². The number of hydrogen-bond donors (Lipinski definition) is 1. The molecule has 0 aliphatic heterocycles. The molecule has 1 aromatic heterocycles. The summed E-state index contributed by atoms with van der Waals surface area (Å²) in [4.78, 5) is 2.41. The third-order valence-electron chi connectivity index (χ3n) is 1.56. The average Bonchev–Trinajstić information content (AvgIpc) is 2.14. The normalized spacial score (nSPS) is 10.2. The van der Waals surface area contributed by atoms with E-state index in [1.807, 2.05) is 0 Å². The number of halogens is 4. The monoisotopic (exact) mass is 220 g/mol. The number of rotatable bonds is 3. The molecule has 0 unspecified atom stereocenters. The summed E-state index contributed by atoms with van der Waals surface area (Å²) in [5.41, 5.74) is -0.311. The van der Waals surface area contributed by atoms with Crippen LogP contribution in [0.1, 0.15) is 6.92 Å². The minimum Gasteiger partial charge on any atom is -0.376 e. The van der Waals surface area contributed by atoms with E-state index in [1.165, 1.54) is 0 Å². The first-order valence-corrected chi connectivity index (χ1v) is 4.01. The average molecular weight is 220 g/mol. The topological polar surface area (TPSA) is 24.9 Å². The molecule has 82 valence electrons. The fraction of sp³-hybridized carbons (Fsp3) is 0.222. The van der Waals surface area contributed by atoms with Gasteiger partial charge in [0.2, 0.25) is 11.6 Å². The van der Waals surface area contributed by atoms with Gasteiger partial charge in [-0.25, -0.2) is 0 Å². The second-order valence-electron chi connectivity index (χ2n) is 3.01. The summed E-state index contributed by atoms with van der Waals surface area (Å²) in [5.74, 6) is -6.46. The van der Waals surface area contributed by atoms with Gasteiger partial charge in [-0.3, -0.25) is 0 Å². The summed E-state index contributed by atoms with van der Waals surface area (Å²) in [5, 5.41) is 2.19. The molecule has 0 saturated carbocycles. The van der Waals surface area contributed by atoms with E-state index in [9.17, 15) is 17.6 Å². The Labute approximate surface area is 83.6 Å². The summed E-state index contributed by atoms with van der Waals surface area (Å²) in [6.45, 7) is 5.07. The molecule has 0 aliphatic rings. The molecule has 0 aliphatic carbocycles. The Kier molecular flexibility index (Phi) is 3.28. The molecule has 1 N–H and O–H groups in total. The first kappa shape index (κ1) is 11.5. The van der Waals surface area contributed by atoms with Crippen LogP contribution in [0.15, 0.2) is 12.2 Å². The van der Waals surface area contributed by atoms with Gasteiger partial charge in [0.05, 0.1) is 0 Å². The molecule has 0 fully saturated rings. The van der Waals surface area contributed by atoms with Crippen molar-refractivity contribution in [2.45, 2.75) is 6.92 Å². The molecule has 1 heterocycles. The van der Waals surface area contributed by atoms with E-state index >= 15 is 0 Å². The highest BCUT2D eigenvalue weighted by molar-refractivity contribution is 5.46. The Hall–Kier alpha value is -1.59. The van der Waals surface area contributed by atoms with Crippen LogP contribution in [0.2, 0.25) is 0 Å². The minimum atomic E-state index is -1.68. The van der Waals surface area contributed by atoms with Gasteiger partial charge in [0, 0.05) is 6.54 Å². The first-order valence-electron chi connectivity index (χ1n) is 4.01. The van der Waals surface area contributed by atoms with E-state index < -0.39 is 29.2 Å². The quantitative estimate of drug-likeness (QED) is 0.481. The number of nitrogens with one attached hydrogen (secondary N) is 1. The summed E-state index contributed by atoms with van der Waals surface area (Å²) in [7, 11) is 0. The molecule has 6 heteroatoms. The fourth-order valence-corrected chi connectivity index (χ4v) is 0.881. The molecule has 0 atom stereocenters. The smallest absolute Gasteiger partial charge is 0.253 e. The van der Waals surface area contributed by atoms with Crippen molar-refractivity contribution in [1.29, 1.82) is 0 Å². The highest BCUT2D eigenvalue weighted by Crippen LogP contribution is 2.21. The highest BCUT2D eigenvalue weighted by atomic mass is 19.2. The van der Waals surface area contributed by atoms with Crippen molar-refractivity contribution < 1.29 is 17.6 Å². The van der Waals surface area contributed by atoms with Crippen molar-refractivity contribution in [3.8, 4) is 0 Å². The molecular weight excluding hydrogens is 212 g/mol. The summed E-state index contributed by atoms with van der Waals surface area (Å²) < 4.78 is 51.1. The van der Waals surface area contributed by atoms with Gasteiger partial charge in [-0.2, -0.15) is 22.5 Å². The standard InChI is InChI=1S/C9H8F4N2/c1-4(2)3-14-7-5(10)8(12)15-9(13)6(7)11/h1,3H2,2H3,(H,14,15). The van der Waals surface area contributed by atoms with Gasteiger partial charge in [-0.1, -0.05) is 12.2 Å². The molecule has 0 saturated heterocycles. The van der Waals surface area contributed by atoms with Gasteiger partial charge >= 0.3 is 0 Å². The van der Waals surface area contributed by atoms with Gasteiger partial charge in [0.25, 0.3) is 11.9 Å². The number of pyridine rings is 1. The second-order valence-corrected chi connectivity index (χ2v) is 3.01. The summed E-state index contributed by atoms with van der Waals surface area (Å²) in [6, 6.07) is 0. The van der Waals surface area contributed by atoms with E-state index in [2.05, 4.69) is 16.9 Å². The molecule has 0 aromatic carbocycles. The third kappa shape index (κ3) is 2.45. The van der Waals surface area contributed by atoms with E-state index in [0.29, 0.717) is 5.57 Å². The van der Waals surface area contributed by atoms with Crippen LogP contribution in [-0.2, 0) is 0 Å². The van der Waals surface area contributed by atoms with Gasteiger partial charge in [0.15, 0.2) is 0 Å². The van der Waals surface area contributed by atoms with Crippen molar-refractivity contribution in [3.05, 3.63) is 35.7 Å². The molecule has 0 radical (unpaired) electrons. The van der Waals surface area contributed by atoms with Gasteiger partial charge in [-0.15, -0.1) is 0 Å². The van der Waals surface area contributed by atoms with Crippen LogP contribution in [0.4, 0.5) is 23.2 Å². The molecule has 0 amide bonds. The first-order chi connectivity index (χ1) is 6.93. The molecule has 0 bridgehead atoms. The van der Waals surface area contributed by atoms with Crippen LogP contribution >= 0.6 is 0 Å². The maximum atomic E-state index is 13.0. The van der Waals surface area contributed by atoms with Crippen LogP contribution in [0.3, 0.4) is 0 Å². The zero-order valence-corrected chi connectivity index (χ0v) is 7.87. The van der Waals surface area contributed by atoms with Gasteiger partial charge in [0.1, 0.15) is 5.69 Å². The summed E-state index contributed by atoms with van der Waals surface area (Å²) >= 11 is 0. The van der Waals surface area contributed by atoms with Gasteiger partial charge in [-0.05, 0) is 6.92 Å². The highest BCUT2D eigenvalue weighted by Gasteiger charge is 2.20. The number of aromatic nitrogens is 1. The Balaban J connectivity index is 3.09. The number of anilines is 1. The van der Waals surface area contributed by atoms with Crippen LogP contribution in [0.25, 0.3) is 0 Å². The summed E-state index contributed by atoms with van der Waals surface area (Å²) in [6.07, 6.45) is 0. The predicted octanol–water partition coefficient (Wildman–Crippen LogP) is 2.63. The lowest BCUT2D eigenvalue weighted by molar-refractivity contribution is 0.411. The predicted molar refractivity (Wildman–Crippen MR) is 47.4 cm³/mol. The van der Waals surface area contributed by atoms with Crippen LogP contribution < -0.4 is 5.32 Å². The molecule has 0 spiro atoms. The lowest BCUT2D eigenvalue weighted by Crippen LogP contribution is -2.10. The maximum absolute atomic E-state index is 13.0. The van der Waals surface area contributed by atoms with Crippen molar-refractivity contribution in [1.82, 2.24) is 4.98 Å². The molecular formula is C9H8F4N2. The Bertz CT molecular complexity index is 377.